The summed E-state index contributed by atoms with van der Waals surface area (Å²) < 4.78 is 5.47. The van der Waals surface area contributed by atoms with Gasteiger partial charge in [0.2, 0.25) is 0 Å². The van der Waals surface area contributed by atoms with E-state index in [0.717, 1.165) is 5.75 Å². The van der Waals surface area contributed by atoms with Gasteiger partial charge in [-0.2, -0.15) is 0 Å². The van der Waals surface area contributed by atoms with Crippen LogP contribution in [0.1, 0.15) is 87.1 Å². The van der Waals surface area contributed by atoms with Crippen LogP contribution < -0.4 is 4.74 Å². The summed E-state index contributed by atoms with van der Waals surface area (Å²) in [6, 6.07) is 9.18. The molecule has 0 aromatic heterocycles. The Morgan fingerprint density at radius 1 is 0.640 bits per heavy atom. The summed E-state index contributed by atoms with van der Waals surface area (Å²) in [5, 5.41) is 0. The van der Waals surface area contributed by atoms with Gasteiger partial charge < -0.3 is 4.74 Å². The molecule has 2 aromatic rings. The van der Waals surface area contributed by atoms with Gasteiger partial charge in [-0.05, 0) is 82.7 Å². The standard InChI is InChI=1S/C24H34O/c1-14(2)19-12-21(15(3)4)24(22(13-19)16(5)6)23-17(7)10-20(25-9)11-18(23)8/h10-16H,1-9H3. The molecule has 2 rings (SSSR count). The summed E-state index contributed by atoms with van der Waals surface area (Å²) in [5.74, 6) is 2.47. The van der Waals surface area contributed by atoms with E-state index in [1.54, 1.807) is 7.11 Å². The normalized spacial score (nSPS) is 11.7. The van der Waals surface area contributed by atoms with E-state index < -0.39 is 0 Å². The topological polar surface area (TPSA) is 9.23 Å². The van der Waals surface area contributed by atoms with Crippen LogP contribution in [0.4, 0.5) is 0 Å². The van der Waals surface area contributed by atoms with E-state index in [-0.39, 0.29) is 0 Å². The number of benzene rings is 2. The first-order valence-electron chi connectivity index (χ1n) is 9.50. The van der Waals surface area contributed by atoms with E-state index >= 15 is 0 Å². The van der Waals surface area contributed by atoms with Gasteiger partial charge in [-0.3, -0.25) is 0 Å². The molecule has 136 valence electrons. The lowest BCUT2D eigenvalue weighted by Gasteiger charge is -2.25. The SMILES string of the molecule is COc1cc(C)c(-c2c(C(C)C)cc(C(C)C)cc2C(C)C)c(C)c1. The Labute approximate surface area is 154 Å². The first-order valence-corrected chi connectivity index (χ1v) is 9.50. The van der Waals surface area contributed by atoms with Crippen LogP contribution in [0, 0.1) is 13.8 Å². The highest BCUT2D eigenvalue weighted by atomic mass is 16.5. The lowest BCUT2D eigenvalue weighted by atomic mass is 9.79. The molecule has 0 aliphatic rings. The molecule has 0 atom stereocenters. The molecular formula is C24H34O. The van der Waals surface area contributed by atoms with Crippen LogP contribution in [-0.2, 0) is 0 Å². The largest absolute Gasteiger partial charge is 0.497 e. The van der Waals surface area contributed by atoms with Crippen molar-refractivity contribution < 1.29 is 4.74 Å². The molecule has 0 N–H and O–H groups in total. The highest BCUT2D eigenvalue weighted by Crippen LogP contribution is 2.42. The zero-order valence-electron chi connectivity index (χ0n) is 17.4. The minimum atomic E-state index is 0.493. The molecule has 0 heterocycles. The van der Waals surface area contributed by atoms with Crippen molar-refractivity contribution >= 4 is 0 Å². The Morgan fingerprint density at radius 2 is 1.08 bits per heavy atom. The number of methoxy groups -OCH3 is 1. The van der Waals surface area contributed by atoms with Crippen LogP contribution in [0.3, 0.4) is 0 Å². The fraction of sp³-hybridized carbons (Fsp3) is 0.500. The molecule has 1 nitrogen and oxygen atoms in total. The van der Waals surface area contributed by atoms with Crippen molar-refractivity contribution in [2.75, 3.05) is 7.11 Å². The van der Waals surface area contributed by atoms with Gasteiger partial charge in [0.15, 0.2) is 0 Å². The molecule has 0 unspecified atom stereocenters. The van der Waals surface area contributed by atoms with E-state index in [1.807, 2.05) is 0 Å². The second-order valence-corrected chi connectivity index (χ2v) is 8.17. The minimum Gasteiger partial charge on any atom is -0.497 e. The highest BCUT2D eigenvalue weighted by Gasteiger charge is 2.21. The molecule has 25 heavy (non-hydrogen) atoms. The van der Waals surface area contributed by atoms with Gasteiger partial charge >= 0.3 is 0 Å². The second kappa shape index (κ2) is 7.64. The number of hydrogen-bond acceptors (Lipinski definition) is 1. The van der Waals surface area contributed by atoms with Crippen molar-refractivity contribution in [1.82, 2.24) is 0 Å². The summed E-state index contributed by atoms with van der Waals surface area (Å²) >= 11 is 0. The van der Waals surface area contributed by atoms with Crippen LogP contribution in [0.15, 0.2) is 24.3 Å². The predicted octanol–water partition coefficient (Wildman–Crippen LogP) is 7.35. The van der Waals surface area contributed by atoms with Crippen LogP contribution >= 0.6 is 0 Å². The maximum atomic E-state index is 5.47. The first-order chi connectivity index (χ1) is 11.7. The average molecular weight is 339 g/mol. The van der Waals surface area contributed by atoms with E-state index in [1.165, 1.54) is 38.9 Å². The molecule has 0 saturated heterocycles. The Morgan fingerprint density at radius 3 is 1.40 bits per heavy atom. The molecule has 0 amide bonds. The minimum absolute atomic E-state index is 0.493. The fourth-order valence-electron chi connectivity index (χ4n) is 3.68. The van der Waals surface area contributed by atoms with Crippen LogP contribution in [0.2, 0.25) is 0 Å². The maximum Gasteiger partial charge on any atom is 0.119 e. The number of aryl methyl sites for hydroxylation is 2. The van der Waals surface area contributed by atoms with Gasteiger partial charge in [-0.1, -0.05) is 53.7 Å². The van der Waals surface area contributed by atoms with Crippen LogP contribution in [-0.4, -0.2) is 7.11 Å². The maximum absolute atomic E-state index is 5.47. The third-order valence-electron chi connectivity index (χ3n) is 5.12. The molecule has 0 spiro atoms. The molecule has 0 fully saturated rings. The van der Waals surface area contributed by atoms with Gasteiger partial charge in [-0.25, -0.2) is 0 Å². The fourth-order valence-corrected chi connectivity index (χ4v) is 3.68. The summed E-state index contributed by atoms with van der Waals surface area (Å²) in [4.78, 5) is 0. The molecule has 2 aromatic carbocycles. The molecule has 1 heteroatoms. The van der Waals surface area contributed by atoms with Gasteiger partial charge in [-0.15, -0.1) is 0 Å². The predicted molar refractivity (Wildman–Crippen MR) is 110 cm³/mol. The highest BCUT2D eigenvalue weighted by molar-refractivity contribution is 5.79. The van der Waals surface area contributed by atoms with Crippen molar-refractivity contribution in [3.63, 3.8) is 0 Å². The van der Waals surface area contributed by atoms with Crippen LogP contribution in [0.5, 0.6) is 5.75 Å². The summed E-state index contributed by atoms with van der Waals surface area (Å²) in [6.07, 6.45) is 0. The Hall–Kier alpha value is -1.76. The first kappa shape index (κ1) is 19.6. The molecule has 0 aliphatic heterocycles. The average Bonchev–Trinajstić information content (AvgIpc) is 2.53. The van der Waals surface area contributed by atoms with Gasteiger partial charge in [0.25, 0.3) is 0 Å². The third kappa shape index (κ3) is 3.92. The summed E-state index contributed by atoms with van der Waals surface area (Å²) in [5.41, 5.74) is 9.77. The Kier molecular flexibility index (Phi) is 5.98. The monoisotopic (exact) mass is 338 g/mol. The Bertz CT molecular complexity index is 699. The molecule has 0 bridgehead atoms. The van der Waals surface area contributed by atoms with Gasteiger partial charge in [0.1, 0.15) is 5.75 Å². The van der Waals surface area contributed by atoms with E-state index in [2.05, 4.69) is 79.7 Å². The summed E-state index contributed by atoms with van der Waals surface area (Å²) in [7, 11) is 1.74. The van der Waals surface area contributed by atoms with Crippen molar-refractivity contribution in [2.45, 2.75) is 73.1 Å². The molecule has 0 radical (unpaired) electrons. The summed E-state index contributed by atoms with van der Waals surface area (Å²) in [6.45, 7) is 18.2. The van der Waals surface area contributed by atoms with Crippen molar-refractivity contribution in [3.8, 4) is 16.9 Å². The lowest BCUT2D eigenvalue weighted by molar-refractivity contribution is 0.414. The molecule has 0 aliphatic carbocycles. The zero-order chi connectivity index (χ0) is 18.9. The number of hydrogen-bond donors (Lipinski definition) is 0. The van der Waals surface area contributed by atoms with Crippen molar-refractivity contribution in [1.29, 1.82) is 0 Å². The van der Waals surface area contributed by atoms with E-state index in [9.17, 15) is 0 Å². The van der Waals surface area contributed by atoms with E-state index in [0.29, 0.717) is 17.8 Å². The van der Waals surface area contributed by atoms with E-state index in [4.69, 9.17) is 4.74 Å². The molecular weight excluding hydrogens is 304 g/mol. The molecule has 0 saturated carbocycles. The lowest BCUT2D eigenvalue weighted by Crippen LogP contribution is -2.05. The van der Waals surface area contributed by atoms with Crippen molar-refractivity contribution in [2.24, 2.45) is 0 Å². The van der Waals surface area contributed by atoms with Gasteiger partial charge in [0, 0.05) is 0 Å². The Balaban J connectivity index is 2.89. The van der Waals surface area contributed by atoms with Crippen molar-refractivity contribution in [3.05, 3.63) is 52.1 Å². The smallest absolute Gasteiger partial charge is 0.119 e. The van der Waals surface area contributed by atoms with Gasteiger partial charge in [0.05, 0.1) is 7.11 Å². The zero-order valence-corrected chi connectivity index (χ0v) is 17.4. The third-order valence-corrected chi connectivity index (χ3v) is 5.12. The number of ether oxygens (including phenoxy) is 1. The number of rotatable bonds is 5. The quantitative estimate of drug-likeness (QED) is 0.553. The van der Waals surface area contributed by atoms with Crippen LogP contribution in [0.25, 0.3) is 11.1 Å². The second-order valence-electron chi connectivity index (χ2n) is 8.17.